The van der Waals surface area contributed by atoms with Gasteiger partial charge < -0.3 is 42.6 Å². The number of unbranched alkanes of at least 4 members (excludes halogenated alkanes) is 8. The van der Waals surface area contributed by atoms with Gasteiger partial charge in [-0.25, -0.2) is 0 Å². The summed E-state index contributed by atoms with van der Waals surface area (Å²) in [7, 11) is 0. The third kappa shape index (κ3) is 32.5. The van der Waals surface area contributed by atoms with E-state index in [1.54, 1.807) is 0 Å². The normalized spacial score (nSPS) is 11.5. The van der Waals surface area contributed by atoms with E-state index in [2.05, 4.69) is 27.7 Å². The van der Waals surface area contributed by atoms with Crippen LogP contribution in [0.2, 0.25) is 0 Å². The maximum Gasteiger partial charge on any atom is 2.00 e. The molecule has 0 N–H and O–H groups in total. The molecule has 0 aromatic rings. The minimum Gasteiger partial charge on any atom is -0.691 e. The van der Waals surface area contributed by atoms with Crippen LogP contribution < -0.4 is 0 Å². The van der Waals surface area contributed by atoms with Crippen molar-refractivity contribution in [3.8, 4) is 0 Å². The molecule has 0 aliphatic carbocycles. The molecule has 31 heavy (non-hydrogen) atoms. The van der Waals surface area contributed by atoms with Crippen molar-refractivity contribution in [2.45, 2.75) is 105 Å². The Bertz CT molecular complexity index is 391. The Morgan fingerprint density at radius 2 is 0.677 bits per heavy atom. The van der Waals surface area contributed by atoms with Crippen molar-refractivity contribution in [2.75, 3.05) is 26.4 Å². The second-order valence-corrected chi connectivity index (χ2v) is 17.0. The van der Waals surface area contributed by atoms with Gasteiger partial charge in [-0.1, -0.05) is 103 Å². The van der Waals surface area contributed by atoms with E-state index >= 15 is 0 Å². The molecule has 4 nitrogen and oxygen atoms in total. The summed E-state index contributed by atoms with van der Waals surface area (Å²) < 4.78 is 21.7. The van der Waals surface area contributed by atoms with Crippen LogP contribution in [0.5, 0.6) is 0 Å². The second-order valence-electron chi connectivity index (χ2n) is 7.06. The Balaban J connectivity index is -0.000000490. The fourth-order valence-electron chi connectivity index (χ4n) is 2.19. The van der Waals surface area contributed by atoms with Gasteiger partial charge in [0.05, 0.1) is 37.8 Å². The summed E-state index contributed by atoms with van der Waals surface area (Å²) in [5.41, 5.74) is -4.71. The van der Waals surface area contributed by atoms with Gasteiger partial charge in [-0.2, -0.15) is 0 Å². The molecule has 0 heterocycles. The minimum absolute atomic E-state index is 0. The molecule has 0 aromatic heterocycles. The van der Waals surface area contributed by atoms with Crippen molar-refractivity contribution in [3.63, 3.8) is 0 Å². The number of hydrogen-bond acceptors (Lipinski definition) is 8. The molecule has 0 aliphatic rings. The van der Waals surface area contributed by atoms with Gasteiger partial charge in [-0.15, -0.1) is 0 Å². The molecule has 0 unspecified atom stereocenters. The second kappa shape index (κ2) is 27.1. The van der Waals surface area contributed by atoms with Crippen LogP contribution in [-0.4, -0.2) is 26.4 Å². The van der Waals surface area contributed by atoms with Crippen LogP contribution >= 0.6 is 11.4 Å². The fourth-order valence-corrected chi connectivity index (χ4v) is 5.54. The van der Waals surface area contributed by atoms with Crippen LogP contribution in [0.15, 0.2) is 0 Å². The summed E-state index contributed by atoms with van der Waals surface area (Å²) in [5, 5.41) is 0. The third-order valence-electron chi connectivity index (χ3n) is 3.99. The predicted octanol–water partition coefficient (Wildman–Crippen LogP) is 8.34. The predicted molar refractivity (Wildman–Crippen MR) is 145 cm³/mol. The first-order valence-corrected chi connectivity index (χ1v) is 18.7. The fraction of sp³-hybridized carbons (Fsp3) is 1.00. The first-order valence-electron chi connectivity index (χ1n) is 11.4. The van der Waals surface area contributed by atoms with Crippen LogP contribution in [0.4, 0.5) is 0 Å². The first-order chi connectivity index (χ1) is 14.2. The van der Waals surface area contributed by atoms with Crippen LogP contribution in [0.25, 0.3) is 0 Å². The first kappa shape index (κ1) is 38.0. The van der Waals surface area contributed by atoms with Gasteiger partial charge in [0.2, 0.25) is 0 Å². The van der Waals surface area contributed by atoms with Gasteiger partial charge in [-0.05, 0) is 25.7 Å². The van der Waals surface area contributed by atoms with Crippen molar-refractivity contribution in [1.29, 1.82) is 0 Å². The van der Waals surface area contributed by atoms with Gasteiger partial charge in [0.1, 0.15) is 0 Å². The van der Waals surface area contributed by atoms with Crippen molar-refractivity contribution in [3.05, 3.63) is 0 Å². The van der Waals surface area contributed by atoms with E-state index in [1.165, 1.54) is 51.4 Å². The maximum atomic E-state index is 5.43. The Morgan fingerprint density at radius 1 is 0.484 bits per heavy atom. The zero-order valence-corrected chi connectivity index (χ0v) is 28.2. The van der Waals surface area contributed by atoms with Gasteiger partial charge in [0.15, 0.2) is 0 Å². The molecule has 0 rings (SSSR count). The van der Waals surface area contributed by atoms with Crippen molar-refractivity contribution >= 4 is 59.5 Å². The Hall–Kier alpha value is 2.46. The number of rotatable bonds is 20. The summed E-state index contributed by atoms with van der Waals surface area (Å²) in [5.74, 6) is 0. The molecule has 0 radical (unpaired) electrons. The zero-order chi connectivity index (χ0) is 23.1. The van der Waals surface area contributed by atoms with Crippen molar-refractivity contribution in [1.82, 2.24) is 0 Å². The largest absolute Gasteiger partial charge is 2.00 e. The average molecular weight is 604 g/mol. The summed E-state index contributed by atoms with van der Waals surface area (Å²) in [6.07, 6.45) is 13.5. The molecular formula is C20H44O4P2S4Zn. The monoisotopic (exact) mass is 602 g/mol. The van der Waals surface area contributed by atoms with Crippen LogP contribution in [0.1, 0.15) is 105 Å². The van der Waals surface area contributed by atoms with Crippen LogP contribution in [0.3, 0.4) is 0 Å². The maximum absolute atomic E-state index is 5.43. The Labute approximate surface area is 226 Å². The zero-order valence-electron chi connectivity index (χ0n) is 20.2. The molecule has 0 spiro atoms. The molecule has 0 amide bonds. The van der Waals surface area contributed by atoms with Crippen molar-refractivity contribution < 1.29 is 37.6 Å². The summed E-state index contributed by atoms with van der Waals surface area (Å²) in [6.45, 7) is 11.3. The molecule has 0 saturated carbocycles. The molecule has 0 aliphatic heterocycles. The van der Waals surface area contributed by atoms with Crippen LogP contribution in [-0.2, 0) is 85.7 Å². The van der Waals surface area contributed by atoms with E-state index in [0.717, 1.165) is 25.7 Å². The molecule has 0 aromatic carbocycles. The SMILES string of the molecule is CCCCCOP(=S)([S-])OCCCCC.CCCCCOP(=S)([S-])OCCCCC.[Zn+2]. The number of hydrogen-bond donors (Lipinski definition) is 0. The molecule has 0 atom stereocenters. The summed E-state index contributed by atoms with van der Waals surface area (Å²) in [4.78, 5) is 0. The summed E-state index contributed by atoms with van der Waals surface area (Å²) in [6, 6.07) is 0. The topological polar surface area (TPSA) is 36.9 Å². The molecule has 0 bridgehead atoms. The Kier molecular flexibility index (Phi) is 33.2. The molecule has 184 valence electrons. The van der Waals surface area contributed by atoms with Crippen LogP contribution in [0, 0.1) is 0 Å². The van der Waals surface area contributed by atoms with Gasteiger partial charge in [0.25, 0.3) is 0 Å². The van der Waals surface area contributed by atoms with E-state index in [-0.39, 0.29) is 19.5 Å². The quantitative estimate of drug-likeness (QED) is 0.0595. The van der Waals surface area contributed by atoms with Crippen molar-refractivity contribution in [2.24, 2.45) is 0 Å². The van der Waals surface area contributed by atoms with E-state index < -0.39 is 11.4 Å². The smallest absolute Gasteiger partial charge is 0.691 e. The van der Waals surface area contributed by atoms with Gasteiger partial charge in [0, 0.05) is 0 Å². The third-order valence-corrected chi connectivity index (χ3v) is 8.51. The standard InChI is InChI=1S/2C10H23O2PS2.Zn/c2*1-3-5-7-9-11-13(14,15)12-10-8-6-4-2;/h2*3-10H2,1-2H3,(H,14,15);/q;;+2/p-2. The molecule has 0 saturated heterocycles. The minimum atomic E-state index is -2.36. The molecular weight excluding hydrogens is 560 g/mol. The van der Waals surface area contributed by atoms with E-state index in [1.807, 2.05) is 0 Å². The van der Waals surface area contributed by atoms with E-state index in [4.69, 9.17) is 66.2 Å². The molecule has 0 fully saturated rings. The summed E-state index contributed by atoms with van der Waals surface area (Å²) >= 11 is 20.5. The van der Waals surface area contributed by atoms with E-state index in [9.17, 15) is 0 Å². The van der Waals surface area contributed by atoms with Gasteiger partial charge in [-0.3, -0.25) is 0 Å². The Morgan fingerprint density at radius 3 is 0.839 bits per heavy atom. The average Bonchev–Trinajstić information content (AvgIpc) is 2.70. The molecule has 11 heteroatoms. The van der Waals surface area contributed by atoms with Gasteiger partial charge >= 0.3 is 19.5 Å². The van der Waals surface area contributed by atoms with E-state index in [0.29, 0.717) is 26.4 Å².